The molecule has 0 radical (unpaired) electrons. The second kappa shape index (κ2) is 34.3. The summed E-state index contributed by atoms with van der Waals surface area (Å²) in [4.78, 5) is 46.4. The molecule has 2 aliphatic carbocycles. The summed E-state index contributed by atoms with van der Waals surface area (Å²) in [5.41, 5.74) is 26.3. The highest BCUT2D eigenvalue weighted by Gasteiger charge is 2.27. The molecule has 18 heteroatoms. The largest absolute Gasteiger partial charge is 0.507 e. The Balaban J connectivity index is 0.557. The van der Waals surface area contributed by atoms with Gasteiger partial charge in [-0.05, 0) is 250 Å². The molecule has 18 nitrogen and oxygen atoms in total. The molecule has 0 saturated carbocycles. The van der Waals surface area contributed by atoms with Crippen LogP contribution in [0.1, 0.15) is 188 Å². The predicted molar refractivity (Wildman–Crippen MR) is 489 cm³/mol. The monoisotopic (exact) mass is 1670 g/mol. The van der Waals surface area contributed by atoms with Crippen LogP contribution < -0.4 is 10.6 Å². The third kappa shape index (κ3) is 17.6. The van der Waals surface area contributed by atoms with E-state index in [0.29, 0.717) is 145 Å². The molecule has 15 aromatic rings. The molecule has 0 fully saturated rings. The maximum absolute atomic E-state index is 13.7. The standard InChI is InChI=1S/C108H96N6O12/c1-57-20-73-41-74-21-58(2)25-78(98(74)116)44-82-29-62(6)33-86(102(82)120)48-90-38-71(37-89(105(90)123)47-85-32-61(5)28-81(101(85)119)43-77(24-57)97(73)115)67-12-16-93(109-53-67)95-18-14-69(55-111-95)107(125)113-51-65-10-9-11-66(36-65)52-114-108(126)70-15-19-96(112-56-70)94-17-13-68(54-110-94)72-39-91-49-87-34-63(7)30-83(103(87)121)45-79-26-59(3)22-75(99(79)117)42-76-23-60(4)27-80(100(76)118)46-84-31-64(8)35-88(104(84)122)50-92(40-72)106(91)124/h9-40,53-56,115-124H,41-52H2,1-8H3,(H,113,125)(H,114,126). The van der Waals surface area contributed by atoms with Crippen molar-refractivity contribution in [1.29, 1.82) is 0 Å². The number of rotatable bonds is 10. The summed E-state index contributed by atoms with van der Waals surface area (Å²) < 4.78 is 0. The molecule has 126 heavy (non-hydrogen) atoms. The van der Waals surface area contributed by atoms with Crippen LogP contribution in [-0.2, 0) is 77.3 Å². The van der Waals surface area contributed by atoms with Crippen LogP contribution in [0.2, 0.25) is 0 Å². The van der Waals surface area contributed by atoms with Crippen molar-refractivity contribution in [3.63, 3.8) is 0 Å². The fourth-order valence-electron chi connectivity index (χ4n) is 18.3. The Labute approximate surface area is 730 Å². The lowest BCUT2D eigenvalue weighted by Crippen LogP contribution is -2.24. The second-order valence-electron chi connectivity index (χ2n) is 34.4. The fraction of sp³-hybridized carbons (Fsp3) is 0.185. The van der Waals surface area contributed by atoms with Gasteiger partial charge in [-0.2, -0.15) is 0 Å². The molecule has 20 bridgehead atoms. The zero-order chi connectivity index (χ0) is 88.2. The summed E-state index contributed by atoms with van der Waals surface area (Å²) in [5.74, 6) is -0.213. The van der Waals surface area contributed by atoms with E-state index in [4.69, 9.17) is 9.97 Å². The van der Waals surface area contributed by atoms with Gasteiger partial charge in [-0.25, -0.2) is 0 Å². The quantitative estimate of drug-likeness (QED) is 0.0605. The highest BCUT2D eigenvalue weighted by Crippen LogP contribution is 2.45. The molecule has 17 rings (SSSR count). The highest BCUT2D eigenvalue weighted by atomic mass is 16.3. The first kappa shape index (κ1) is 83.2. The number of aromatic nitrogens is 4. The van der Waals surface area contributed by atoms with E-state index in [1.807, 2.05) is 225 Å². The smallest absolute Gasteiger partial charge is 0.253 e. The number of nitrogens with one attached hydrogen (secondary N) is 2. The summed E-state index contributed by atoms with van der Waals surface area (Å²) in [7, 11) is 0. The van der Waals surface area contributed by atoms with Crippen LogP contribution in [0.25, 0.3) is 45.0 Å². The van der Waals surface area contributed by atoms with Gasteiger partial charge in [0.15, 0.2) is 0 Å². The Bertz CT molecular complexity index is 6220. The number of carbonyl (C=O) groups excluding carboxylic acids is 2. The SMILES string of the molecule is Cc1cc2c(O)c(c1)Cc1cc(C)cc(c1O)Cc1cc(-c3ccc(-c4ccc(C(=O)NCc5cccc(CNC(=O)c6ccc(-c7ccc(-c8cc9c(O)c(c8)Cc8cc(C)cc(c8O)Cc8cc(C)cc(c8O)Cc8cc(C)cc(c8O)Cc8cc(C)cc(c8O)C9)cn7)nc6)c5)cn4)nc3)cc(c1O)Cc1cc(C)cc(c1O)Cc1cc(C)cc(c1O)C2. The molecule has 11 aromatic carbocycles. The minimum atomic E-state index is -0.345. The Morgan fingerprint density at radius 3 is 0.587 bits per heavy atom. The lowest BCUT2D eigenvalue weighted by atomic mass is 9.88. The number of pyridine rings is 4. The van der Waals surface area contributed by atoms with Crippen molar-refractivity contribution >= 4 is 11.8 Å². The van der Waals surface area contributed by atoms with E-state index in [2.05, 4.69) is 20.6 Å². The first-order valence-corrected chi connectivity index (χ1v) is 42.2. The van der Waals surface area contributed by atoms with Crippen LogP contribution in [0.15, 0.2) is 219 Å². The normalized spacial score (nSPS) is 12.6. The van der Waals surface area contributed by atoms with E-state index < -0.39 is 0 Å². The topological polar surface area (TPSA) is 312 Å². The van der Waals surface area contributed by atoms with E-state index in [0.717, 1.165) is 77.9 Å². The van der Waals surface area contributed by atoms with Crippen LogP contribution in [0.4, 0.5) is 0 Å². The Morgan fingerprint density at radius 2 is 0.413 bits per heavy atom. The van der Waals surface area contributed by atoms with Crippen molar-refractivity contribution in [1.82, 2.24) is 30.6 Å². The molecule has 0 aliphatic heterocycles. The molecule has 12 N–H and O–H groups in total. The zero-order valence-corrected chi connectivity index (χ0v) is 71.3. The first-order chi connectivity index (χ1) is 60.5. The highest BCUT2D eigenvalue weighted by molar-refractivity contribution is 5.95. The van der Waals surface area contributed by atoms with Crippen molar-refractivity contribution < 1.29 is 60.7 Å². The van der Waals surface area contributed by atoms with Crippen LogP contribution >= 0.6 is 0 Å². The fourth-order valence-corrected chi connectivity index (χ4v) is 18.3. The van der Waals surface area contributed by atoms with Gasteiger partial charge in [-0.15, -0.1) is 0 Å². The number of aromatic hydroxyl groups is 10. The summed E-state index contributed by atoms with van der Waals surface area (Å²) in [6.07, 6.45) is 8.41. The van der Waals surface area contributed by atoms with Gasteiger partial charge in [-0.1, -0.05) is 178 Å². The zero-order valence-electron chi connectivity index (χ0n) is 71.3. The molecular weight excluding hydrogens is 1570 g/mol. The molecule has 0 atom stereocenters. The molecule has 2 amide bonds. The van der Waals surface area contributed by atoms with E-state index in [1.165, 1.54) is 12.4 Å². The van der Waals surface area contributed by atoms with Crippen molar-refractivity contribution in [3.05, 3.63) is 397 Å². The number of phenols is 10. The lowest BCUT2D eigenvalue weighted by molar-refractivity contribution is 0.0943. The van der Waals surface area contributed by atoms with Gasteiger partial charge >= 0.3 is 0 Å². The van der Waals surface area contributed by atoms with Gasteiger partial charge in [-0.3, -0.25) is 29.5 Å². The van der Waals surface area contributed by atoms with E-state index in [-0.39, 0.29) is 147 Å². The van der Waals surface area contributed by atoms with Gasteiger partial charge in [0.2, 0.25) is 0 Å². The third-order valence-corrected chi connectivity index (χ3v) is 24.3. The number of hydrogen-bond acceptors (Lipinski definition) is 16. The maximum atomic E-state index is 13.7. The van der Waals surface area contributed by atoms with Crippen LogP contribution in [0.5, 0.6) is 57.5 Å². The average Bonchev–Trinajstić information content (AvgIpc) is 0.789. The number of carbonyl (C=O) groups is 2. The second-order valence-corrected chi connectivity index (χ2v) is 34.4. The van der Waals surface area contributed by atoms with Crippen molar-refractivity contribution in [3.8, 4) is 103 Å². The molecule has 0 saturated heterocycles. The first-order valence-electron chi connectivity index (χ1n) is 42.2. The van der Waals surface area contributed by atoms with Crippen LogP contribution in [0.3, 0.4) is 0 Å². The number of hydrogen-bond donors (Lipinski definition) is 12. The predicted octanol–water partition coefficient (Wildman–Crippen LogP) is 19.9. The third-order valence-electron chi connectivity index (χ3n) is 24.3. The maximum Gasteiger partial charge on any atom is 0.253 e. The number of benzene rings is 11. The molecule has 2 aliphatic rings. The van der Waals surface area contributed by atoms with Crippen molar-refractivity contribution in [2.24, 2.45) is 0 Å². The number of phenolic OH excluding ortho intramolecular Hbond substituents is 10. The number of nitrogens with zero attached hydrogens (tertiary/aromatic N) is 4. The summed E-state index contributed by atoms with van der Waals surface area (Å²) >= 11 is 0. The number of aryl methyl sites for hydroxylation is 8. The van der Waals surface area contributed by atoms with Crippen LogP contribution in [-0.4, -0.2) is 82.8 Å². The lowest BCUT2D eigenvalue weighted by Gasteiger charge is -2.19. The van der Waals surface area contributed by atoms with Crippen molar-refractivity contribution in [2.75, 3.05) is 0 Å². The van der Waals surface area contributed by atoms with Gasteiger partial charge < -0.3 is 61.7 Å². The molecular formula is C108H96N6O12. The minimum Gasteiger partial charge on any atom is -0.507 e. The summed E-state index contributed by atoms with van der Waals surface area (Å²) in [6.45, 7) is 16.0. The molecule has 0 unspecified atom stereocenters. The number of amides is 2. The Morgan fingerprint density at radius 1 is 0.230 bits per heavy atom. The molecule has 0 spiro atoms. The molecule has 630 valence electrons. The van der Waals surface area contributed by atoms with Gasteiger partial charge in [0.05, 0.1) is 33.9 Å². The van der Waals surface area contributed by atoms with Crippen LogP contribution in [0, 0.1) is 55.4 Å². The minimum absolute atomic E-state index is 0.00567. The Kier molecular flexibility index (Phi) is 22.7. The molecule has 4 aromatic heterocycles. The van der Waals surface area contributed by atoms with E-state index in [1.54, 1.807) is 36.7 Å². The van der Waals surface area contributed by atoms with Gasteiger partial charge in [0.25, 0.3) is 11.8 Å². The van der Waals surface area contributed by atoms with Crippen molar-refractivity contribution in [2.45, 2.75) is 133 Å². The summed E-state index contributed by atoms with van der Waals surface area (Å²) in [5, 5.41) is 127. The van der Waals surface area contributed by atoms with Gasteiger partial charge in [0, 0.05) is 113 Å². The number of fused-ring (bicyclic) bond motifs is 20. The summed E-state index contributed by atoms with van der Waals surface area (Å²) in [6, 6.07) is 59.9. The Hall–Kier alpha value is -15.0. The molecule has 4 heterocycles. The average molecular weight is 1670 g/mol. The van der Waals surface area contributed by atoms with E-state index in [9.17, 15) is 60.7 Å². The van der Waals surface area contributed by atoms with E-state index >= 15 is 0 Å². The van der Waals surface area contributed by atoms with Gasteiger partial charge in [0.1, 0.15) is 57.5 Å².